The minimum absolute atomic E-state index is 0.137. The van der Waals surface area contributed by atoms with E-state index in [2.05, 4.69) is 20.8 Å². The Balaban J connectivity index is 2.11. The topological polar surface area (TPSA) is 80.0 Å². The van der Waals surface area contributed by atoms with E-state index in [1.165, 1.54) is 0 Å². The highest BCUT2D eigenvalue weighted by Crippen LogP contribution is 2.21. The normalized spacial score (nSPS) is 13.8. The number of hydrogen-bond donors (Lipinski definition) is 2. The number of benzene rings is 1. The minimum Gasteiger partial charge on any atom is -0.340 e. The zero-order valence-corrected chi connectivity index (χ0v) is 14.0. The standard InChI is InChI=1S/C17H24N4O2/c1-11(2)15(20-16(22)13-8-6-5-7-9-13)17-19-14(21-23-17)10-12(3)18-4/h5-9,11-12,15,18H,10H2,1-4H3,(H,20,22). The molecule has 1 amide bonds. The fourth-order valence-electron chi connectivity index (χ4n) is 2.18. The maximum absolute atomic E-state index is 12.4. The van der Waals surface area contributed by atoms with Crippen LogP contribution in [0.25, 0.3) is 0 Å². The number of carbonyl (C=O) groups is 1. The molecule has 2 unspecified atom stereocenters. The molecule has 6 nitrogen and oxygen atoms in total. The number of carbonyl (C=O) groups excluding carboxylic acids is 1. The summed E-state index contributed by atoms with van der Waals surface area (Å²) in [7, 11) is 1.89. The van der Waals surface area contributed by atoms with Gasteiger partial charge in [0, 0.05) is 18.0 Å². The Labute approximate surface area is 136 Å². The van der Waals surface area contributed by atoms with Crippen molar-refractivity contribution < 1.29 is 9.32 Å². The monoisotopic (exact) mass is 316 g/mol. The van der Waals surface area contributed by atoms with Gasteiger partial charge in [0.05, 0.1) is 0 Å². The van der Waals surface area contributed by atoms with E-state index < -0.39 is 0 Å². The molecule has 1 heterocycles. The van der Waals surface area contributed by atoms with E-state index in [-0.39, 0.29) is 23.9 Å². The first-order chi connectivity index (χ1) is 11.0. The zero-order chi connectivity index (χ0) is 16.8. The summed E-state index contributed by atoms with van der Waals surface area (Å²) in [5.74, 6) is 1.08. The highest BCUT2D eigenvalue weighted by Gasteiger charge is 2.25. The molecule has 124 valence electrons. The van der Waals surface area contributed by atoms with Crippen LogP contribution in [0.15, 0.2) is 34.9 Å². The van der Waals surface area contributed by atoms with Gasteiger partial charge in [-0.3, -0.25) is 4.79 Å². The average Bonchev–Trinajstić information content (AvgIpc) is 3.00. The van der Waals surface area contributed by atoms with E-state index in [0.29, 0.717) is 23.7 Å². The van der Waals surface area contributed by atoms with Crippen molar-refractivity contribution in [3.8, 4) is 0 Å². The second-order valence-corrected chi connectivity index (χ2v) is 6.00. The molecule has 0 aliphatic heterocycles. The van der Waals surface area contributed by atoms with Gasteiger partial charge in [-0.05, 0) is 32.0 Å². The predicted molar refractivity (Wildman–Crippen MR) is 88.0 cm³/mol. The molecule has 0 aliphatic rings. The fraction of sp³-hybridized carbons (Fsp3) is 0.471. The Kier molecular flexibility index (Phi) is 5.87. The molecule has 1 aromatic heterocycles. The van der Waals surface area contributed by atoms with Crippen LogP contribution in [0.2, 0.25) is 0 Å². The third-order valence-electron chi connectivity index (χ3n) is 3.72. The molecule has 1 aromatic carbocycles. The van der Waals surface area contributed by atoms with Crippen molar-refractivity contribution in [2.75, 3.05) is 7.05 Å². The van der Waals surface area contributed by atoms with Gasteiger partial charge in [-0.15, -0.1) is 0 Å². The molecule has 0 aliphatic carbocycles. The smallest absolute Gasteiger partial charge is 0.251 e. The van der Waals surface area contributed by atoms with Gasteiger partial charge in [0.2, 0.25) is 5.89 Å². The van der Waals surface area contributed by atoms with E-state index in [1.807, 2.05) is 46.0 Å². The van der Waals surface area contributed by atoms with Gasteiger partial charge in [-0.1, -0.05) is 37.2 Å². The van der Waals surface area contributed by atoms with Crippen LogP contribution in [0.4, 0.5) is 0 Å². The molecule has 2 aromatic rings. The quantitative estimate of drug-likeness (QED) is 0.819. The van der Waals surface area contributed by atoms with Crippen molar-refractivity contribution in [2.24, 2.45) is 5.92 Å². The lowest BCUT2D eigenvalue weighted by Gasteiger charge is -2.18. The van der Waals surface area contributed by atoms with Gasteiger partial charge in [-0.2, -0.15) is 4.98 Å². The molecule has 0 radical (unpaired) electrons. The first-order valence-electron chi connectivity index (χ1n) is 7.87. The third-order valence-corrected chi connectivity index (χ3v) is 3.72. The molecule has 0 saturated heterocycles. The molecular formula is C17H24N4O2. The predicted octanol–water partition coefficient (Wildman–Crippen LogP) is 2.35. The van der Waals surface area contributed by atoms with Gasteiger partial charge in [0.25, 0.3) is 5.91 Å². The van der Waals surface area contributed by atoms with Crippen LogP contribution in [0, 0.1) is 5.92 Å². The molecule has 2 rings (SSSR count). The lowest BCUT2D eigenvalue weighted by atomic mass is 10.0. The minimum atomic E-state index is -0.311. The van der Waals surface area contributed by atoms with Crippen LogP contribution >= 0.6 is 0 Å². The van der Waals surface area contributed by atoms with Crippen LogP contribution in [0.1, 0.15) is 48.9 Å². The van der Waals surface area contributed by atoms with Crippen LogP contribution in [0.5, 0.6) is 0 Å². The number of amides is 1. The average molecular weight is 316 g/mol. The Bertz CT molecular complexity index is 625. The van der Waals surface area contributed by atoms with Gasteiger partial charge >= 0.3 is 0 Å². The van der Waals surface area contributed by atoms with Crippen molar-refractivity contribution >= 4 is 5.91 Å². The van der Waals surface area contributed by atoms with Gasteiger partial charge in [0.1, 0.15) is 6.04 Å². The van der Waals surface area contributed by atoms with Crippen LogP contribution in [0.3, 0.4) is 0 Å². The number of nitrogens with one attached hydrogen (secondary N) is 2. The lowest BCUT2D eigenvalue weighted by molar-refractivity contribution is 0.0914. The first-order valence-corrected chi connectivity index (χ1v) is 7.87. The molecular weight excluding hydrogens is 292 g/mol. The van der Waals surface area contributed by atoms with E-state index in [9.17, 15) is 4.79 Å². The Morgan fingerprint density at radius 2 is 1.91 bits per heavy atom. The number of nitrogens with zero attached hydrogens (tertiary/aromatic N) is 2. The second kappa shape index (κ2) is 7.87. The summed E-state index contributed by atoms with van der Waals surface area (Å²) in [6, 6.07) is 9.06. The zero-order valence-electron chi connectivity index (χ0n) is 14.0. The largest absolute Gasteiger partial charge is 0.340 e. The van der Waals surface area contributed by atoms with Crippen LogP contribution < -0.4 is 10.6 Å². The molecule has 2 atom stereocenters. The van der Waals surface area contributed by atoms with Gasteiger partial charge in [-0.25, -0.2) is 0 Å². The number of aromatic nitrogens is 2. The summed E-state index contributed by atoms with van der Waals surface area (Å²) >= 11 is 0. The molecule has 0 saturated carbocycles. The summed E-state index contributed by atoms with van der Waals surface area (Å²) in [6.07, 6.45) is 0.678. The van der Waals surface area contributed by atoms with E-state index in [4.69, 9.17) is 4.52 Å². The van der Waals surface area contributed by atoms with Crippen molar-refractivity contribution in [3.05, 3.63) is 47.6 Å². The van der Waals surface area contributed by atoms with E-state index in [0.717, 1.165) is 0 Å². The maximum atomic E-state index is 12.4. The van der Waals surface area contributed by atoms with Crippen LogP contribution in [-0.2, 0) is 6.42 Å². The summed E-state index contributed by atoms with van der Waals surface area (Å²) in [5, 5.41) is 10.1. The van der Waals surface area contributed by atoms with Crippen LogP contribution in [-0.4, -0.2) is 29.1 Å². The van der Waals surface area contributed by atoms with Crippen molar-refractivity contribution in [2.45, 2.75) is 39.3 Å². The highest BCUT2D eigenvalue weighted by molar-refractivity contribution is 5.94. The number of rotatable bonds is 7. The Morgan fingerprint density at radius 1 is 1.22 bits per heavy atom. The fourth-order valence-corrected chi connectivity index (χ4v) is 2.18. The van der Waals surface area contributed by atoms with Gasteiger partial charge in [0.15, 0.2) is 5.82 Å². The van der Waals surface area contributed by atoms with Crippen molar-refractivity contribution in [3.63, 3.8) is 0 Å². The Morgan fingerprint density at radius 3 is 2.52 bits per heavy atom. The summed E-state index contributed by atoms with van der Waals surface area (Å²) in [6.45, 7) is 6.07. The Hall–Kier alpha value is -2.21. The van der Waals surface area contributed by atoms with Gasteiger partial charge < -0.3 is 15.2 Å². The highest BCUT2D eigenvalue weighted by atomic mass is 16.5. The van der Waals surface area contributed by atoms with E-state index in [1.54, 1.807) is 12.1 Å². The molecule has 0 fully saturated rings. The molecule has 0 bridgehead atoms. The summed E-state index contributed by atoms with van der Waals surface area (Å²) in [4.78, 5) is 16.8. The van der Waals surface area contributed by atoms with Crippen molar-refractivity contribution in [1.29, 1.82) is 0 Å². The lowest BCUT2D eigenvalue weighted by Crippen LogP contribution is -2.32. The van der Waals surface area contributed by atoms with Crippen molar-refractivity contribution in [1.82, 2.24) is 20.8 Å². The maximum Gasteiger partial charge on any atom is 0.251 e. The number of hydrogen-bond acceptors (Lipinski definition) is 5. The number of likely N-dealkylation sites (N-methyl/N-ethyl adjacent to an activating group) is 1. The molecule has 6 heteroatoms. The molecule has 0 spiro atoms. The molecule has 23 heavy (non-hydrogen) atoms. The molecule has 2 N–H and O–H groups in total. The van der Waals surface area contributed by atoms with E-state index >= 15 is 0 Å². The summed E-state index contributed by atoms with van der Waals surface area (Å²) < 4.78 is 5.37. The SMILES string of the molecule is CNC(C)Cc1noc(C(NC(=O)c2ccccc2)C(C)C)n1. The summed E-state index contributed by atoms with van der Waals surface area (Å²) in [5.41, 5.74) is 0.613. The third kappa shape index (κ3) is 4.63. The first kappa shape index (κ1) is 17.1. The second-order valence-electron chi connectivity index (χ2n) is 6.00.